The van der Waals surface area contributed by atoms with E-state index in [0.717, 1.165) is 71.1 Å². The van der Waals surface area contributed by atoms with Gasteiger partial charge >= 0.3 is 6.03 Å². The second-order valence-electron chi connectivity index (χ2n) is 7.82. The molecule has 1 aromatic heterocycles. The highest BCUT2D eigenvalue weighted by molar-refractivity contribution is 5.74. The number of urea groups is 1. The summed E-state index contributed by atoms with van der Waals surface area (Å²) in [4.78, 5) is 23.7. The smallest absolute Gasteiger partial charge is 0.317 e. The van der Waals surface area contributed by atoms with Gasteiger partial charge in [0.25, 0.3) is 0 Å². The van der Waals surface area contributed by atoms with E-state index in [9.17, 15) is 4.79 Å². The largest absolute Gasteiger partial charge is 0.377 e. The van der Waals surface area contributed by atoms with Crippen LogP contribution in [0.3, 0.4) is 0 Å². The molecule has 1 atom stereocenters. The van der Waals surface area contributed by atoms with E-state index in [4.69, 9.17) is 4.74 Å². The van der Waals surface area contributed by atoms with Crippen molar-refractivity contribution in [3.05, 3.63) is 24.4 Å². The van der Waals surface area contributed by atoms with Gasteiger partial charge in [-0.25, -0.2) is 9.78 Å². The van der Waals surface area contributed by atoms with Crippen LogP contribution in [0.4, 0.5) is 10.6 Å². The third kappa shape index (κ3) is 4.90. The number of piperidine rings is 1. The number of pyridine rings is 1. The zero-order chi connectivity index (χ0) is 18.5. The van der Waals surface area contributed by atoms with Crippen LogP contribution in [-0.2, 0) is 4.74 Å². The quantitative estimate of drug-likeness (QED) is 0.868. The maximum atomic E-state index is 12.6. The SMILES string of the molecule is O=C(NC1CCN(c2ccccn2)CC1)N1CCN(CC2CCCO2)CC1. The molecule has 0 bridgehead atoms. The van der Waals surface area contributed by atoms with Crippen LogP contribution in [0.5, 0.6) is 0 Å². The van der Waals surface area contributed by atoms with E-state index in [2.05, 4.69) is 26.2 Å². The predicted octanol–water partition coefficient (Wildman–Crippen LogP) is 1.56. The minimum Gasteiger partial charge on any atom is -0.377 e. The van der Waals surface area contributed by atoms with E-state index < -0.39 is 0 Å². The van der Waals surface area contributed by atoms with Gasteiger partial charge in [-0.1, -0.05) is 6.07 Å². The van der Waals surface area contributed by atoms with Crippen molar-refractivity contribution >= 4 is 11.8 Å². The van der Waals surface area contributed by atoms with Crippen LogP contribution in [-0.4, -0.2) is 85.4 Å². The first kappa shape index (κ1) is 18.5. The summed E-state index contributed by atoms with van der Waals surface area (Å²) < 4.78 is 5.73. The number of piperazine rings is 1. The molecular weight excluding hydrogens is 342 g/mol. The molecule has 0 saturated carbocycles. The van der Waals surface area contributed by atoms with Gasteiger partial charge in [0.15, 0.2) is 0 Å². The molecule has 4 rings (SSSR count). The number of ether oxygens (including phenoxy) is 1. The van der Waals surface area contributed by atoms with Gasteiger partial charge in [-0.15, -0.1) is 0 Å². The molecule has 4 heterocycles. The lowest BCUT2D eigenvalue weighted by Crippen LogP contribution is -2.55. The molecule has 2 amide bonds. The average molecular weight is 374 g/mol. The van der Waals surface area contributed by atoms with Gasteiger partial charge in [-0.3, -0.25) is 4.90 Å². The van der Waals surface area contributed by atoms with Crippen LogP contribution in [0.2, 0.25) is 0 Å². The molecule has 3 saturated heterocycles. The number of amides is 2. The van der Waals surface area contributed by atoms with Gasteiger partial charge in [-0.05, 0) is 37.8 Å². The van der Waals surface area contributed by atoms with Crippen molar-refractivity contribution in [3.8, 4) is 0 Å². The lowest BCUT2D eigenvalue weighted by atomic mass is 10.1. The zero-order valence-electron chi connectivity index (χ0n) is 16.1. The Labute approximate surface area is 161 Å². The molecule has 0 aromatic carbocycles. The highest BCUT2D eigenvalue weighted by atomic mass is 16.5. The summed E-state index contributed by atoms with van der Waals surface area (Å²) in [6, 6.07) is 6.38. The Balaban J connectivity index is 1.17. The Morgan fingerprint density at radius 2 is 1.93 bits per heavy atom. The van der Waals surface area contributed by atoms with Crippen LogP contribution in [0, 0.1) is 0 Å². The minimum atomic E-state index is 0.100. The standard InChI is InChI=1S/C20H31N5O2/c26-20(25-13-11-23(12-14-25)16-18-4-3-15-27-18)22-17-6-9-24(10-7-17)19-5-1-2-8-21-19/h1-2,5,8,17-18H,3-4,6-7,9-16H2,(H,22,26). The summed E-state index contributed by atoms with van der Waals surface area (Å²) >= 11 is 0. The average Bonchev–Trinajstić information content (AvgIpc) is 3.23. The lowest BCUT2D eigenvalue weighted by molar-refractivity contribution is 0.0558. The fourth-order valence-corrected chi connectivity index (χ4v) is 4.27. The molecule has 7 heteroatoms. The molecular formula is C20H31N5O2. The number of anilines is 1. The number of hydrogen-bond acceptors (Lipinski definition) is 5. The summed E-state index contributed by atoms with van der Waals surface area (Å²) in [6.07, 6.45) is 6.55. The topological polar surface area (TPSA) is 60.9 Å². The van der Waals surface area contributed by atoms with Gasteiger partial charge in [0.2, 0.25) is 0 Å². The highest BCUT2D eigenvalue weighted by Crippen LogP contribution is 2.18. The van der Waals surface area contributed by atoms with Crippen LogP contribution in [0.15, 0.2) is 24.4 Å². The molecule has 0 radical (unpaired) electrons. The third-order valence-corrected chi connectivity index (χ3v) is 5.94. The maximum absolute atomic E-state index is 12.6. The molecule has 1 N–H and O–H groups in total. The maximum Gasteiger partial charge on any atom is 0.317 e. The number of aromatic nitrogens is 1. The van der Waals surface area contributed by atoms with E-state index in [1.165, 1.54) is 12.8 Å². The lowest BCUT2D eigenvalue weighted by Gasteiger charge is -2.38. The molecule has 27 heavy (non-hydrogen) atoms. The first-order valence-electron chi connectivity index (χ1n) is 10.3. The number of carbonyl (C=O) groups excluding carboxylic acids is 1. The molecule has 1 unspecified atom stereocenters. The summed E-state index contributed by atoms with van der Waals surface area (Å²) in [7, 11) is 0. The van der Waals surface area contributed by atoms with E-state index in [1.807, 2.05) is 23.2 Å². The van der Waals surface area contributed by atoms with Crippen LogP contribution in [0.1, 0.15) is 25.7 Å². The molecule has 0 aliphatic carbocycles. The Morgan fingerprint density at radius 1 is 1.11 bits per heavy atom. The number of nitrogens with one attached hydrogen (secondary N) is 1. The molecule has 7 nitrogen and oxygen atoms in total. The van der Waals surface area contributed by atoms with Crippen molar-refractivity contribution in [2.75, 3.05) is 57.3 Å². The zero-order valence-corrected chi connectivity index (χ0v) is 16.1. The second-order valence-corrected chi connectivity index (χ2v) is 7.82. The van der Waals surface area contributed by atoms with E-state index in [1.54, 1.807) is 0 Å². The number of rotatable bonds is 4. The summed E-state index contributed by atoms with van der Waals surface area (Å²) in [6.45, 7) is 7.33. The number of hydrogen-bond donors (Lipinski definition) is 1. The summed E-state index contributed by atoms with van der Waals surface area (Å²) in [5.74, 6) is 1.03. The van der Waals surface area contributed by atoms with E-state index in [-0.39, 0.29) is 12.1 Å². The van der Waals surface area contributed by atoms with Crippen LogP contribution in [0.25, 0.3) is 0 Å². The summed E-state index contributed by atoms with van der Waals surface area (Å²) in [5.41, 5.74) is 0. The molecule has 3 aliphatic heterocycles. The van der Waals surface area contributed by atoms with Gasteiger partial charge in [0, 0.05) is 64.7 Å². The van der Waals surface area contributed by atoms with Crippen molar-refractivity contribution in [2.45, 2.75) is 37.8 Å². The van der Waals surface area contributed by atoms with Gasteiger partial charge < -0.3 is 19.9 Å². The van der Waals surface area contributed by atoms with Crippen LogP contribution < -0.4 is 10.2 Å². The van der Waals surface area contributed by atoms with Crippen molar-refractivity contribution in [1.82, 2.24) is 20.1 Å². The number of nitrogens with zero attached hydrogens (tertiary/aromatic N) is 4. The molecule has 3 aliphatic rings. The molecule has 148 valence electrons. The summed E-state index contributed by atoms with van der Waals surface area (Å²) in [5, 5.41) is 3.25. The first-order valence-corrected chi connectivity index (χ1v) is 10.3. The molecule has 1 aromatic rings. The highest BCUT2D eigenvalue weighted by Gasteiger charge is 2.27. The van der Waals surface area contributed by atoms with Gasteiger partial charge in [0.1, 0.15) is 5.82 Å². The normalized spacial score (nSPS) is 25.0. The monoisotopic (exact) mass is 373 g/mol. The Kier molecular flexibility index (Phi) is 6.09. The third-order valence-electron chi connectivity index (χ3n) is 5.94. The van der Waals surface area contributed by atoms with Crippen molar-refractivity contribution in [3.63, 3.8) is 0 Å². The Bertz CT molecular complexity index is 592. The van der Waals surface area contributed by atoms with Gasteiger partial charge in [0.05, 0.1) is 6.10 Å². The van der Waals surface area contributed by atoms with E-state index >= 15 is 0 Å². The van der Waals surface area contributed by atoms with Crippen molar-refractivity contribution < 1.29 is 9.53 Å². The Hall–Kier alpha value is -1.86. The van der Waals surface area contributed by atoms with Crippen molar-refractivity contribution in [2.24, 2.45) is 0 Å². The predicted molar refractivity (Wildman–Crippen MR) is 105 cm³/mol. The fourth-order valence-electron chi connectivity index (χ4n) is 4.27. The van der Waals surface area contributed by atoms with Gasteiger partial charge in [-0.2, -0.15) is 0 Å². The minimum absolute atomic E-state index is 0.100. The second kappa shape index (κ2) is 8.89. The molecule has 0 spiro atoms. The first-order chi connectivity index (χ1) is 13.3. The van der Waals surface area contributed by atoms with Crippen LogP contribution >= 0.6 is 0 Å². The molecule has 3 fully saturated rings. The fraction of sp³-hybridized carbons (Fsp3) is 0.700. The Morgan fingerprint density at radius 3 is 2.59 bits per heavy atom. The van der Waals surface area contributed by atoms with E-state index in [0.29, 0.717) is 6.10 Å². The number of carbonyl (C=O) groups is 1. The van der Waals surface area contributed by atoms with Crippen molar-refractivity contribution in [1.29, 1.82) is 0 Å².